The second kappa shape index (κ2) is 3.97. The summed E-state index contributed by atoms with van der Waals surface area (Å²) < 4.78 is 5.75. The van der Waals surface area contributed by atoms with Crippen LogP contribution in [0.1, 0.15) is 18.1 Å². The van der Waals surface area contributed by atoms with Crippen LogP contribution in [0.3, 0.4) is 0 Å². The second-order valence-electron chi connectivity index (χ2n) is 4.07. The van der Waals surface area contributed by atoms with Gasteiger partial charge in [-0.25, -0.2) is 0 Å². The van der Waals surface area contributed by atoms with Gasteiger partial charge in [-0.05, 0) is 30.9 Å². The Kier molecular flexibility index (Phi) is 2.69. The lowest BCUT2D eigenvalue weighted by atomic mass is 10.1. The maximum Gasteiger partial charge on any atom is 0.0675 e. The molecule has 0 saturated carbocycles. The highest BCUT2D eigenvalue weighted by atomic mass is 16.5. The summed E-state index contributed by atoms with van der Waals surface area (Å²) in [6, 6.07) is 8.58. The van der Waals surface area contributed by atoms with Crippen LogP contribution in [0.2, 0.25) is 0 Å². The third-order valence-electron chi connectivity index (χ3n) is 2.58. The number of ether oxygens (including phenoxy) is 1. The van der Waals surface area contributed by atoms with Crippen molar-refractivity contribution in [3.63, 3.8) is 0 Å². The average molecular weight is 188 g/mol. The normalized spacial score (nSPS) is 15.5. The Bertz CT molecular complexity index is 316. The van der Waals surface area contributed by atoms with E-state index in [0.717, 1.165) is 18.4 Å². The molecular formula is C13H16O. The lowest BCUT2D eigenvalue weighted by molar-refractivity contribution is 0.0780. The summed E-state index contributed by atoms with van der Waals surface area (Å²) >= 11 is 0. The van der Waals surface area contributed by atoms with Gasteiger partial charge in [0.2, 0.25) is 0 Å². The number of rotatable bonds is 3. The van der Waals surface area contributed by atoms with Gasteiger partial charge in [0.15, 0.2) is 0 Å². The summed E-state index contributed by atoms with van der Waals surface area (Å²) in [5, 5.41) is 0. The first kappa shape index (κ1) is 9.47. The summed E-state index contributed by atoms with van der Waals surface area (Å²) in [6.07, 6.45) is 2.48. The van der Waals surface area contributed by atoms with Gasteiger partial charge >= 0.3 is 0 Å². The molecule has 74 valence electrons. The first-order chi connectivity index (χ1) is 6.75. The van der Waals surface area contributed by atoms with Crippen LogP contribution < -0.4 is 0 Å². The smallest absolute Gasteiger partial charge is 0.0675 e. The molecule has 0 atom stereocenters. The molecular weight excluding hydrogens is 172 g/mol. The average Bonchev–Trinajstić information content (AvgIpc) is 2.57. The molecule has 0 saturated heterocycles. The Morgan fingerprint density at radius 1 is 1.36 bits per heavy atom. The third kappa shape index (κ3) is 2.05. The Labute approximate surface area is 85.4 Å². The maximum atomic E-state index is 5.75. The molecule has 1 aromatic rings. The van der Waals surface area contributed by atoms with Crippen LogP contribution in [0, 0.1) is 0 Å². The van der Waals surface area contributed by atoms with Crippen molar-refractivity contribution < 1.29 is 4.74 Å². The number of hydrogen-bond acceptors (Lipinski definition) is 1. The fourth-order valence-corrected chi connectivity index (χ4v) is 1.90. The molecule has 0 fully saturated rings. The number of benzene rings is 1. The van der Waals surface area contributed by atoms with Crippen molar-refractivity contribution >= 4 is 0 Å². The zero-order valence-electron chi connectivity index (χ0n) is 8.62. The lowest BCUT2D eigenvalue weighted by Crippen LogP contribution is -2.13. The highest BCUT2D eigenvalue weighted by molar-refractivity contribution is 5.32. The van der Waals surface area contributed by atoms with E-state index in [1.165, 1.54) is 11.1 Å². The predicted octanol–water partition coefficient (Wildman–Crippen LogP) is 2.75. The zero-order chi connectivity index (χ0) is 9.97. The van der Waals surface area contributed by atoms with Gasteiger partial charge in [-0.2, -0.15) is 0 Å². The quantitative estimate of drug-likeness (QED) is 0.663. The molecule has 1 nitrogen and oxygen atoms in total. The van der Waals surface area contributed by atoms with Crippen LogP contribution in [-0.2, 0) is 17.6 Å². The minimum Gasteiger partial charge on any atom is -0.373 e. The van der Waals surface area contributed by atoms with Crippen LogP contribution in [0.4, 0.5) is 0 Å². The summed E-state index contributed by atoms with van der Waals surface area (Å²) in [7, 11) is 0. The van der Waals surface area contributed by atoms with E-state index in [1.807, 2.05) is 6.92 Å². The molecule has 0 aromatic heterocycles. The van der Waals surface area contributed by atoms with Gasteiger partial charge in [0.1, 0.15) is 0 Å². The standard InChI is InChI=1S/C13H16O/c1-10(2)9-14-13-7-11-5-3-4-6-12(11)8-13/h3-6,13H,1,7-9H2,2H3. The minimum atomic E-state index is 0.365. The Morgan fingerprint density at radius 3 is 2.43 bits per heavy atom. The molecule has 1 aliphatic carbocycles. The van der Waals surface area contributed by atoms with Crippen molar-refractivity contribution in [1.82, 2.24) is 0 Å². The fourth-order valence-electron chi connectivity index (χ4n) is 1.90. The van der Waals surface area contributed by atoms with Crippen LogP contribution in [0.25, 0.3) is 0 Å². The number of hydrogen-bond donors (Lipinski definition) is 0. The molecule has 0 spiro atoms. The van der Waals surface area contributed by atoms with Gasteiger partial charge < -0.3 is 4.74 Å². The molecule has 1 aliphatic rings. The van der Waals surface area contributed by atoms with E-state index in [-0.39, 0.29) is 0 Å². The molecule has 0 N–H and O–H groups in total. The Hall–Kier alpha value is -1.08. The SMILES string of the molecule is C=C(C)COC1Cc2ccccc2C1. The van der Waals surface area contributed by atoms with E-state index in [9.17, 15) is 0 Å². The van der Waals surface area contributed by atoms with Crippen molar-refractivity contribution in [2.75, 3.05) is 6.61 Å². The molecule has 2 rings (SSSR count). The Balaban J connectivity index is 1.95. The summed E-state index contributed by atoms with van der Waals surface area (Å²) in [6.45, 7) is 6.54. The molecule has 0 heterocycles. The molecule has 0 bridgehead atoms. The number of fused-ring (bicyclic) bond motifs is 1. The van der Waals surface area contributed by atoms with Gasteiger partial charge in [0, 0.05) is 0 Å². The van der Waals surface area contributed by atoms with E-state index in [4.69, 9.17) is 4.74 Å². The summed E-state index contributed by atoms with van der Waals surface area (Å²) in [4.78, 5) is 0. The second-order valence-corrected chi connectivity index (χ2v) is 4.07. The molecule has 1 aromatic carbocycles. The van der Waals surface area contributed by atoms with Crippen molar-refractivity contribution in [2.45, 2.75) is 25.9 Å². The van der Waals surface area contributed by atoms with E-state index in [0.29, 0.717) is 12.7 Å². The van der Waals surface area contributed by atoms with Crippen LogP contribution in [0.15, 0.2) is 36.4 Å². The van der Waals surface area contributed by atoms with E-state index in [1.54, 1.807) is 0 Å². The molecule has 0 unspecified atom stereocenters. The molecule has 1 heteroatoms. The van der Waals surface area contributed by atoms with Gasteiger partial charge in [-0.15, -0.1) is 0 Å². The van der Waals surface area contributed by atoms with Crippen LogP contribution >= 0.6 is 0 Å². The third-order valence-corrected chi connectivity index (χ3v) is 2.58. The van der Waals surface area contributed by atoms with Gasteiger partial charge in [0.25, 0.3) is 0 Å². The molecule has 0 aliphatic heterocycles. The van der Waals surface area contributed by atoms with E-state index < -0.39 is 0 Å². The summed E-state index contributed by atoms with van der Waals surface area (Å²) in [5.41, 5.74) is 3.99. The molecule has 14 heavy (non-hydrogen) atoms. The van der Waals surface area contributed by atoms with Crippen molar-refractivity contribution in [3.05, 3.63) is 47.5 Å². The minimum absolute atomic E-state index is 0.365. The molecule has 0 radical (unpaired) electrons. The van der Waals surface area contributed by atoms with E-state index >= 15 is 0 Å². The topological polar surface area (TPSA) is 9.23 Å². The van der Waals surface area contributed by atoms with Gasteiger partial charge in [-0.3, -0.25) is 0 Å². The maximum absolute atomic E-state index is 5.75. The van der Waals surface area contributed by atoms with Crippen molar-refractivity contribution in [1.29, 1.82) is 0 Å². The highest BCUT2D eigenvalue weighted by Gasteiger charge is 2.20. The predicted molar refractivity (Wildman–Crippen MR) is 58.4 cm³/mol. The Morgan fingerprint density at radius 2 is 1.93 bits per heavy atom. The van der Waals surface area contributed by atoms with E-state index in [2.05, 4.69) is 30.8 Å². The monoisotopic (exact) mass is 188 g/mol. The lowest BCUT2D eigenvalue weighted by Gasteiger charge is -2.10. The van der Waals surface area contributed by atoms with Crippen LogP contribution in [0.5, 0.6) is 0 Å². The van der Waals surface area contributed by atoms with Crippen LogP contribution in [-0.4, -0.2) is 12.7 Å². The first-order valence-electron chi connectivity index (χ1n) is 5.08. The largest absolute Gasteiger partial charge is 0.373 e. The zero-order valence-corrected chi connectivity index (χ0v) is 8.62. The highest BCUT2D eigenvalue weighted by Crippen LogP contribution is 2.23. The first-order valence-corrected chi connectivity index (χ1v) is 5.08. The van der Waals surface area contributed by atoms with Crippen molar-refractivity contribution in [3.8, 4) is 0 Å². The van der Waals surface area contributed by atoms with Gasteiger partial charge in [-0.1, -0.05) is 36.4 Å². The fraction of sp³-hybridized carbons (Fsp3) is 0.385. The summed E-state index contributed by atoms with van der Waals surface area (Å²) in [5.74, 6) is 0. The van der Waals surface area contributed by atoms with Gasteiger partial charge in [0.05, 0.1) is 12.7 Å². The van der Waals surface area contributed by atoms with Crippen molar-refractivity contribution in [2.24, 2.45) is 0 Å². The molecule has 0 amide bonds.